The molecule has 0 spiro atoms. The van der Waals surface area contributed by atoms with Gasteiger partial charge in [-0.15, -0.1) is 0 Å². The van der Waals surface area contributed by atoms with Crippen molar-refractivity contribution in [3.8, 4) is 0 Å². The first-order chi connectivity index (χ1) is 7.20. The summed E-state index contributed by atoms with van der Waals surface area (Å²) >= 11 is 0. The predicted octanol–water partition coefficient (Wildman–Crippen LogP) is 1.79. The van der Waals surface area contributed by atoms with Gasteiger partial charge in [0.15, 0.2) is 0 Å². The summed E-state index contributed by atoms with van der Waals surface area (Å²) in [5.74, 6) is 0. The van der Waals surface area contributed by atoms with Crippen LogP contribution in [0.3, 0.4) is 0 Å². The molecule has 0 amide bonds. The zero-order valence-electron chi connectivity index (χ0n) is 9.56. The Morgan fingerprint density at radius 2 is 1.73 bits per heavy atom. The third-order valence-electron chi connectivity index (χ3n) is 4.07. The molecule has 0 saturated carbocycles. The summed E-state index contributed by atoms with van der Waals surface area (Å²) in [6.45, 7) is 6.80. The first-order valence-corrected chi connectivity index (χ1v) is 5.72. The van der Waals surface area contributed by atoms with Crippen LogP contribution in [-0.4, -0.2) is 34.8 Å². The number of hydrogen-bond acceptors (Lipinski definition) is 1. The van der Waals surface area contributed by atoms with Crippen LogP contribution in [0.4, 0.5) is 0 Å². The number of benzene rings is 1. The van der Waals surface area contributed by atoms with E-state index in [9.17, 15) is 0 Å². The van der Waals surface area contributed by atoms with E-state index >= 15 is 0 Å². The van der Waals surface area contributed by atoms with Crippen molar-refractivity contribution in [3.05, 3.63) is 35.9 Å². The van der Waals surface area contributed by atoms with E-state index < -0.39 is 0 Å². The Bertz CT molecular complexity index is 315. The standard InChI is InChI=1S/C13H20NO/c1-11-12(2)14(11,8-9-15)10-13-6-4-3-5-7-13/h3-7,11-12,15H,8-10H2,1-2H3/q+1/t11-,12?,14?/m0/s1. The lowest BCUT2D eigenvalue weighted by atomic mass is 10.2. The Kier molecular flexibility index (Phi) is 2.81. The van der Waals surface area contributed by atoms with Crippen LogP contribution in [0.15, 0.2) is 30.3 Å². The molecule has 1 aromatic rings. The van der Waals surface area contributed by atoms with Gasteiger partial charge in [0.05, 0.1) is 6.61 Å². The van der Waals surface area contributed by atoms with Crippen LogP contribution >= 0.6 is 0 Å². The quantitative estimate of drug-likeness (QED) is 0.588. The zero-order valence-corrected chi connectivity index (χ0v) is 9.56. The molecule has 1 N–H and O–H groups in total. The second-order valence-electron chi connectivity index (χ2n) is 4.68. The first kappa shape index (κ1) is 10.7. The molecule has 1 aliphatic heterocycles. The van der Waals surface area contributed by atoms with E-state index in [-0.39, 0.29) is 0 Å². The lowest BCUT2D eigenvalue weighted by molar-refractivity contribution is -0.839. The van der Waals surface area contributed by atoms with Crippen LogP contribution in [0, 0.1) is 0 Å². The maximum absolute atomic E-state index is 9.14. The van der Waals surface area contributed by atoms with E-state index in [1.165, 1.54) is 5.56 Å². The Hall–Kier alpha value is -0.860. The minimum Gasteiger partial charge on any atom is -0.391 e. The molecule has 0 radical (unpaired) electrons. The van der Waals surface area contributed by atoms with E-state index in [0.29, 0.717) is 18.7 Å². The van der Waals surface area contributed by atoms with Crippen molar-refractivity contribution >= 4 is 0 Å². The van der Waals surface area contributed by atoms with Crippen molar-refractivity contribution in [1.29, 1.82) is 0 Å². The summed E-state index contributed by atoms with van der Waals surface area (Å²) in [6.07, 6.45) is 0. The largest absolute Gasteiger partial charge is 0.391 e. The van der Waals surface area contributed by atoms with Gasteiger partial charge >= 0.3 is 0 Å². The van der Waals surface area contributed by atoms with Crippen LogP contribution in [0.2, 0.25) is 0 Å². The summed E-state index contributed by atoms with van der Waals surface area (Å²) in [4.78, 5) is 0. The smallest absolute Gasteiger partial charge is 0.139 e. The average molecular weight is 206 g/mol. The molecular formula is C13H20NO+. The summed E-state index contributed by atoms with van der Waals surface area (Å²) < 4.78 is 1.06. The van der Waals surface area contributed by atoms with Crippen LogP contribution in [0.1, 0.15) is 19.4 Å². The Balaban J connectivity index is 2.10. The Morgan fingerprint density at radius 1 is 1.13 bits per heavy atom. The third-order valence-corrected chi connectivity index (χ3v) is 4.07. The molecule has 0 aromatic heterocycles. The summed E-state index contributed by atoms with van der Waals surface area (Å²) in [5.41, 5.74) is 1.38. The fourth-order valence-electron chi connectivity index (χ4n) is 2.72. The average Bonchev–Trinajstić information content (AvgIpc) is 2.73. The minimum atomic E-state index is 0.293. The van der Waals surface area contributed by atoms with E-state index in [1.807, 2.05) is 0 Å². The van der Waals surface area contributed by atoms with Gasteiger partial charge < -0.3 is 9.59 Å². The van der Waals surface area contributed by atoms with Gasteiger partial charge in [-0.3, -0.25) is 0 Å². The molecule has 0 bridgehead atoms. The van der Waals surface area contributed by atoms with Crippen molar-refractivity contribution in [3.63, 3.8) is 0 Å². The molecule has 2 unspecified atom stereocenters. The molecule has 15 heavy (non-hydrogen) atoms. The number of aliphatic hydroxyl groups excluding tert-OH is 1. The monoisotopic (exact) mass is 206 g/mol. The maximum atomic E-state index is 9.14. The van der Waals surface area contributed by atoms with E-state index in [2.05, 4.69) is 44.2 Å². The normalized spacial score (nSPS) is 34.1. The zero-order chi connectivity index (χ0) is 10.9. The molecule has 2 heteroatoms. The fourth-order valence-corrected chi connectivity index (χ4v) is 2.72. The lowest BCUT2D eigenvalue weighted by Gasteiger charge is -2.20. The number of quaternary nitrogens is 1. The SMILES string of the molecule is CC1[C@H](C)[N+]1(CCO)Cc1ccccc1. The van der Waals surface area contributed by atoms with Crippen molar-refractivity contribution < 1.29 is 9.59 Å². The second-order valence-corrected chi connectivity index (χ2v) is 4.68. The highest BCUT2D eigenvalue weighted by Crippen LogP contribution is 2.41. The van der Waals surface area contributed by atoms with Gasteiger partial charge in [0.25, 0.3) is 0 Å². The van der Waals surface area contributed by atoms with Crippen LogP contribution < -0.4 is 0 Å². The molecule has 0 aliphatic carbocycles. The van der Waals surface area contributed by atoms with E-state index in [4.69, 9.17) is 5.11 Å². The number of hydrogen-bond donors (Lipinski definition) is 1. The highest BCUT2D eigenvalue weighted by atomic mass is 16.3. The number of rotatable bonds is 4. The molecule has 1 saturated heterocycles. The minimum absolute atomic E-state index is 0.293. The van der Waals surface area contributed by atoms with Crippen LogP contribution in [-0.2, 0) is 6.54 Å². The van der Waals surface area contributed by atoms with Crippen molar-refractivity contribution in [2.45, 2.75) is 32.5 Å². The maximum Gasteiger partial charge on any atom is 0.139 e. The Morgan fingerprint density at radius 3 is 2.20 bits per heavy atom. The molecule has 2 rings (SSSR count). The van der Waals surface area contributed by atoms with Crippen molar-refractivity contribution in [2.24, 2.45) is 0 Å². The third kappa shape index (κ3) is 1.80. The molecule has 1 fully saturated rings. The summed E-state index contributed by atoms with van der Waals surface area (Å²) in [6, 6.07) is 12.0. The summed E-state index contributed by atoms with van der Waals surface area (Å²) in [7, 11) is 0. The topological polar surface area (TPSA) is 20.2 Å². The second kappa shape index (κ2) is 3.95. The van der Waals surface area contributed by atoms with Crippen LogP contribution in [0.5, 0.6) is 0 Å². The number of nitrogens with zero attached hydrogens (tertiary/aromatic N) is 1. The predicted molar refractivity (Wildman–Crippen MR) is 61.3 cm³/mol. The van der Waals surface area contributed by atoms with E-state index in [1.54, 1.807) is 0 Å². The van der Waals surface area contributed by atoms with E-state index in [0.717, 1.165) is 17.6 Å². The molecule has 1 aliphatic rings. The number of aliphatic hydroxyl groups is 1. The molecular weight excluding hydrogens is 186 g/mol. The Labute approximate surface area is 91.7 Å². The molecule has 1 heterocycles. The van der Waals surface area contributed by atoms with Gasteiger partial charge in [0.1, 0.15) is 25.2 Å². The molecule has 3 atom stereocenters. The van der Waals surface area contributed by atoms with Crippen LogP contribution in [0.25, 0.3) is 0 Å². The first-order valence-electron chi connectivity index (χ1n) is 5.72. The van der Waals surface area contributed by atoms with Crippen molar-refractivity contribution in [1.82, 2.24) is 0 Å². The lowest BCUT2D eigenvalue weighted by Crippen LogP contribution is -2.32. The van der Waals surface area contributed by atoms with Gasteiger partial charge in [0.2, 0.25) is 0 Å². The molecule has 1 aromatic carbocycles. The highest BCUT2D eigenvalue weighted by molar-refractivity contribution is 5.14. The fraction of sp³-hybridized carbons (Fsp3) is 0.538. The molecule has 2 nitrogen and oxygen atoms in total. The van der Waals surface area contributed by atoms with Gasteiger partial charge in [-0.05, 0) is 13.8 Å². The summed E-state index contributed by atoms with van der Waals surface area (Å²) in [5, 5.41) is 9.14. The van der Waals surface area contributed by atoms with Gasteiger partial charge in [0, 0.05) is 5.56 Å². The van der Waals surface area contributed by atoms with Gasteiger partial charge in [-0.25, -0.2) is 0 Å². The molecule has 82 valence electrons. The van der Waals surface area contributed by atoms with Gasteiger partial charge in [-0.2, -0.15) is 0 Å². The van der Waals surface area contributed by atoms with Gasteiger partial charge in [-0.1, -0.05) is 30.3 Å². The van der Waals surface area contributed by atoms with Crippen molar-refractivity contribution in [2.75, 3.05) is 13.2 Å². The highest BCUT2D eigenvalue weighted by Gasteiger charge is 2.59.